The van der Waals surface area contributed by atoms with Crippen molar-refractivity contribution >= 4 is 29.3 Å². The molecule has 1 atom stereocenters. The molecule has 1 fully saturated rings. The molecule has 2 amide bonds. The Kier molecular flexibility index (Phi) is 4.90. The summed E-state index contributed by atoms with van der Waals surface area (Å²) in [6.07, 6.45) is 1.58. The van der Waals surface area contributed by atoms with Gasteiger partial charge in [0, 0.05) is 11.4 Å². The summed E-state index contributed by atoms with van der Waals surface area (Å²) >= 11 is 1.49. The lowest BCUT2D eigenvalue weighted by Gasteiger charge is -2.42. The maximum atomic E-state index is 13.1. The van der Waals surface area contributed by atoms with Crippen LogP contribution in [0.3, 0.4) is 0 Å². The molecule has 1 unspecified atom stereocenters. The highest BCUT2D eigenvalue weighted by molar-refractivity contribution is 8.00. The Hall–Kier alpha value is -2.21. The summed E-state index contributed by atoms with van der Waals surface area (Å²) in [5.41, 5.74) is 1.89. The predicted molar refractivity (Wildman–Crippen MR) is 99.5 cm³/mol. The van der Waals surface area contributed by atoms with E-state index in [-0.39, 0.29) is 11.8 Å². The second-order valence-corrected chi connectivity index (χ2v) is 7.53. The van der Waals surface area contributed by atoms with Crippen LogP contribution in [-0.4, -0.2) is 33.8 Å². The zero-order valence-corrected chi connectivity index (χ0v) is 15.5. The van der Waals surface area contributed by atoms with E-state index in [0.717, 1.165) is 16.8 Å². The molecule has 132 valence electrons. The van der Waals surface area contributed by atoms with Gasteiger partial charge in [0.2, 0.25) is 5.91 Å². The molecule has 5 nitrogen and oxygen atoms in total. The second kappa shape index (κ2) is 6.96. The Morgan fingerprint density at radius 3 is 2.64 bits per heavy atom. The number of nitrogens with zero attached hydrogens (tertiary/aromatic N) is 1. The molecule has 0 aliphatic carbocycles. The van der Waals surface area contributed by atoms with E-state index in [9.17, 15) is 9.59 Å². The highest BCUT2D eigenvalue weighted by Gasteiger charge is 2.45. The number of rotatable bonds is 4. The van der Waals surface area contributed by atoms with E-state index < -0.39 is 5.54 Å². The number of hydrogen-bond acceptors (Lipinski definition) is 4. The Labute approximate surface area is 151 Å². The van der Waals surface area contributed by atoms with Crippen LogP contribution in [0.1, 0.15) is 23.8 Å². The summed E-state index contributed by atoms with van der Waals surface area (Å²) in [5.74, 6) is 1.39. The number of anilines is 1. The summed E-state index contributed by atoms with van der Waals surface area (Å²) in [6, 6.07) is 9.50. The van der Waals surface area contributed by atoms with Gasteiger partial charge in [-0.2, -0.15) is 0 Å². The molecule has 0 bridgehead atoms. The number of amides is 2. The largest absolute Gasteiger partial charge is 0.467 e. The number of carbonyl (C=O) groups excluding carboxylic acids is 2. The van der Waals surface area contributed by atoms with Gasteiger partial charge in [0.05, 0.1) is 18.6 Å². The minimum atomic E-state index is -0.929. The van der Waals surface area contributed by atoms with Crippen molar-refractivity contribution in [3.05, 3.63) is 53.5 Å². The van der Waals surface area contributed by atoms with Gasteiger partial charge >= 0.3 is 0 Å². The SMILES string of the molecule is Cc1cccc(C)c1NC(=O)C1(C)CSCC(=O)N1Cc1ccco1. The first-order valence-corrected chi connectivity index (χ1v) is 9.35. The van der Waals surface area contributed by atoms with Crippen LogP contribution >= 0.6 is 11.8 Å². The fourth-order valence-corrected chi connectivity index (χ4v) is 4.15. The molecule has 25 heavy (non-hydrogen) atoms. The lowest BCUT2D eigenvalue weighted by molar-refractivity contribution is -0.143. The van der Waals surface area contributed by atoms with Crippen molar-refractivity contribution in [2.24, 2.45) is 0 Å². The summed E-state index contributed by atoms with van der Waals surface area (Å²) in [7, 11) is 0. The van der Waals surface area contributed by atoms with Gasteiger partial charge in [0.1, 0.15) is 11.3 Å². The molecule has 1 N–H and O–H groups in total. The van der Waals surface area contributed by atoms with Crippen molar-refractivity contribution < 1.29 is 14.0 Å². The fourth-order valence-electron chi connectivity index (χ4n) is 3.04. The third-order valence-corrected chi connectivity index (χ3v) is 5.83. The number of nitrogens with one attached hydrogen (secondary N) is 1. The van der Waals surface area contributed by atoms with E-state index in [2.05, 4.69) is 5.32 Å². The molecule has 0 spiro atoms. The first-order valence-electron chi connectivity index (χ1n) is 8.20. The van der Waals surface area contributed by atoms with Gasteiger partial charge in [0.15, 0.2) is 0 Å². The summed E-state index contributed by atoms with van der Waals surface area (Å²) in [4.78, 5) is 27.3. The molecule has 0 radical (unpaired) electrons. The van der Waals surface area contributed by atoms with Gasteiger partial charge < -0.3 is 14.6 Å². The molecule has 1 aromatic carbocycles. The van der Waals surface area contributed by atoms with Crippen LogP contribution in [0.2, 0.25) is 0 Å². The Balaban J connectivity index is 1.88. The highest BCUT2D eigenvalue weighted by atomic mass is 32.2. The van der Waals surface area contributed by atoms with Crippen LogP contribution in [0, 0.1) is 13.8 Å². The van der Waals surface area contributed by atoms with Crippen LogP contribution in [0.5, 0.6) is 0 Å². The van der Waals surface area contributed by atoms with Crippen molar-refractivity contribution in [3.63, 3.8) is 0 Å². The third-order valence-electron chi connectivity index (χ3n) is 4.61. The molecule has 1 aliphatic heterocycles. The molecule has 3 rings (SSSR count). The lowest BCUT2D eigenvalue weighted by atomic mass is 9.99. The van der Waals surface area contributed by atoms with Crippen LogP contribution < -0.4 is 5.32 Å². The van der Waals surface area contributed by atoms with Crippen LogP contribution in [0.4, 0.5) is 5.69 Å². The van der Waals surface area contributed by atoms with E-state index in [1.54, 1.807) is 17.2 Å². The van der Waals surface area contributed by atoms with Crippen LogP contribution in [0.25, 0.3) is 0 Å². The predicted octanol–water partition coefficient (Wildman–Crippen LogP) is 3.37. The van der Waals surface area contributed by atoms with E-state index >= 15 is 0 Å². The number of aryl methyl sites for hydroxylation is 2. The molecule has 0 saturated carbocycles. The normalized spacial score (nSPS) is 20.6. The van der Waals surface area contributed by atoms with Crippen molar-refractivity contribution in [3.8, 4) is 0 Å². The van der Waals surface area contributed by atoms with Gasteiger partial charge in [-0.05, 0) is 44.0 Å². The monoisotopic (exact) mass is 358 g/mol. The first kappa shape index (κ1) is 17.6. The topological polar surface area (TPSA) is 62.6 Å². The second-order valence-electron chi connectivity index (χ2n) is 6.55. The van der Waals surface area contributed by atoms with Gasteiger partial charge in [-0.1, -0.05) is 18.2 Å². The summed E-state index contributed by atoms with van der Waals surface area (Å²) in [5, 5.41) is 3.04. The van der Waals surface area contributed by atoms with Crippen molar-refractivity contribution in [1.29, 1.82) is 0 Å². The maximum Gasteiger partial charge on any atom is 0.250 e. The lowest BCUT2D eigenvalue weighted by Crippen LogP contribution is -2.61. The van der Waals surface area contributed by atoms with Crippen molar-refractivity contribution in [2.45, 2.75) is 32.9 Å². The molecule has 2 aromatic rings. The van der Waals surface area contributed by atoms with Gasteiger partial charge in [-0.15, -0.1) is 11.8 Å². The zero-order valence-electron chi connectivity index (χ0n) is 14.7. The molecule has 1 aliphatic rings. The number of benzene rings is 1. The van der Waals surface area contributed by atoms with Crippen LogP contribution in [0.15, 0.2) is 41.0 Å². The number of furan rings is 1. The Morgan fingerprint density at radius 2 is 2.00 bits per heavy atom. The Morgan fingerprint density at radius 1 is 1.28 bits per heavy atom. The van der Waals surface area contributed by atoms with E-state index in [4.69, 9.17) is 4.42 Å². The molecule has 2 heterocycles. The van der Waals surface area contributed by atoms with Crippen molar-refractivity contribution in [1.82, 2.24) is 4.90 Å². The van der Waals surface area contributed by atoms with Gasteiger partial charge in [-0.3, -0.25) is 9.59 Å². The number of hydrogen-bond donors (Lipinski definition) is 1. The highest BCUT2D eigenvalue weighted by Crippen LogP contribution is 2.31. The average Bonchev–Trinajstić information content (AvgIpc) is 3.08. The van der Waals surface area contributed by atoms with Crippen molar-refractivity contribution in [2.75, 3.05) is 16.8 Å². The zero-order chi connectivity index (χ0) is 18.0. The number of para-hydroxylation sites is 1. The standard InChI is InChI=1S/C19H22N2O3S/c1-13-6-4-7-14(2)17(13)20-18(23)19(3)12-25-11-16(22)21(19)10-15-8-5-9-24-15/h4-9H,10-12H2,1-3H3,(H,20,23). The Bertz CT molecular complexity index is 768. The quantitative estimate of drug-likeness (QED) is 0.910. The molecular formula is C19H22N2O3S. The molecular weight excluding hydrogens is 336 g/mol. The van der Waals surface area contributed by atoms with Crippen LogP contribution in [-0.2, 0) is 16.1 Å². The van der Waals surface area contributed by atoms with E-state index in [1.807, 2.05) is 45.0 Å². The minimum absolute atomic E-state index is 0.0493. The van der Waals surface area contributed by atoms with Gasteiger partial charge in [0.25, 0.3) is 5.91 Å². The fraction of sp³-hybridized carbons (Fsp3) is 0.368. The molecule has 1 saturated heterocycles. The maximum absolute atomic E-state index is 13.1. The number of thioether (sulfide) groups is 1. The summed E-state index contributed by atoms with van der Waals surface area (Å²) in [6.45, 7) is 6.05. The van der Waals surface area contributed by atoms with Gasteiger partial charge in [-0.25, -0.2) is 0 Å². The summed E-state index contributed by atoms with van der Waals surface area (Å²) < 4.78 is 5.38. The average molecular weight is 358 g/mol. The molecule has 1 aromatic heterocycles. The third kappa shape index (κ3) is 3.44. The van der Waals surface area contributed by atoms with E-state index in [1.165, 1.54) is 11.8 Å². The van der Waals surface area contributed by atoms with E-state index in [0.29, 0.717) is 23.8 Å². The minimum Gasteiger partial charge on any atom is -0.467 e. The smallest absolute Gasteiger partial charge is 0.250 e. The molecule has 6 heteroatoms. The first-order chi connectivity index (χ1) is 11.9. The number of carbonyl (C=O) groups is 2.